The molecule has 0 bridgehead atoms. The van der Waals surface area contributed by atoms with Gasteiger partial charge in [0.1, 0.15) is 5.82 Å². The highest BCUT2D eigenvalue weighted by Crippen LogP contribution is 2.30. The molecule has 0 radical (unpaired) electrons. The van der Waals surface area contributed by atoms with E-state index in [-0.39, 0.29) is 5.82 Å². The van der Waals surface area contributed by atoms with Gasteiger partial charge in [-0.05, 0) is 36.2 Å². The van der Waals surface area contributed by atoms with E-state index in [1.807, 2.05) is 17.8 Å². The van der Waals surface area contributed by atoms with Crippen LogP contribution >= 0.6 is 11.8 Å². The summed E-state index contributed by atoms with van der Waals surface area (Å²) >= 11 is 2.04. The molecule has 1 aromatic carbocycles. The van der Waals surface area contributed by atoms with Crippen LogP contribution in [0.25, 0.3) is 0 Å². The van der Waals surface area contributed by atoms with Gasteiger partial charge in [-0.3, -0.25) is 0 Å². The summed E-state index contributed by atoms with van der Waals surface area (Å²) in [5, 5.41) is 4.67. The van der Waals surface area contributed by atoms with Crippen molar-refractivity contribution < 1.29 is 4.39 Å². The number of halogens is 1. The van der Waals surface area contributed by atoms with Gasteiger partial charge in [0.2, 0.25) is 0 Å². The van der Waals surface area contributed by atoms with Crippen molar-refractivity contribution >= 4 is 17.4 Å². The largest absolute Gasteiger partial charge is 0.369 e. The van der Waals surface area contributed by atoms with Crippen LogP contribution in [0.3, 0.4) is 0 Å². The fourth-order valence-electron chi connectivity index (χ4n) is 2.87. The Kier molecular flexibility index (Phi) is 5.94. The lowest BCUT2D eigenvalue weighted by Crippen LogP contribution is -2.41. The third-order valence-corrected chi connectivity index (χ3v) is 4.90. The Morgan fingerprint density at radius 2 is 1.95 bits per heavy atom. The number of hydrogen-bond donors (Lipinski definition) is 1. The summed E-state index contributed by atoms with van der Waals surface area (Å²) in [6, 6.07) is 5.20. The van der Waals surface area contributed by atoms with Crippen LogP contribution in [0.4, 0.5) is 10.1 Å². The van der Waals surface area contributed by atoms with Crippen LogP contribution in [0.2, 0.25) is 0 Å². The lowest BCUT2D eigenvalue weighted by molar-refractivity contribution is 0.549. The van der Waals surface area contributed by atoms with E-state index in [0.29, 0.717) is 16.4 Å². The summed E-state index contributed by atoms with van der Waals surface area (Å²) in [6.45, 7) is 12.7. The van der Waals surface area contributed by atoms with Crippen molar-refractivity contribution in [2.24, 2.45) is 5.92 Å². The van der Waals surface area contributed by atoms with Crippen LogP contribution in [-0.2, 0) is 6.54 Å². The van der Waals surface area contributed by atoms with Crippen LogP contribution in [0, 0.1) is 11.7 Å². The molecular weight excluding hydrogens is 283 g/mol. The average molecular weight is 310 g/mol. The molecule has 21 heavy (non-hydrogen) atoms. The Bertz CT molecular complexity index is 454. The summed E-state index contributed by atoms with van der Waals surface area (Å²) in [5.74, 6) is 0.459. The van der Waals surface area contributed by atoms with Gasteiger partial charge in [-0.15, -0.1) is 0 Å². The average Bonchev–Trinajstić information content (AvgIpc) is 2.37. The molecule has 0 spiro atoms. The minimum Gasteiger partial charge on any atom is -0.369 e. The van der Waals surface area contributed by atoms with Crippen LogP contribution in [-0.4, -0.2) is 30.1 Å². The molecule has 1 N–H and O–H groups in total. The number of nitrogens with zero attached hydrogens (tertiary/aromatic N) is 1. The summed E-state index contributed by atoms with van der Waals surface area (Å²) in [4.78, 5) is 2.41. The highest BCUT2D eigenvalue weighted by atomic mass is 32.2. The SMILES string of the molecule is CC(C)CNCc1cc(F)ccc1N1CC(C)SC(C)C1. The summed E-state index contributed by atoms with van der Waals surface area (Å²) in [5.41, 5.74) is 2.26. The fraction of sp³-hybridized carbons (Fsp3) is 0.647. The molecule has 1 saturated heterocycles. The maximum absolute atomic E-state index is 13.6. The van der Waals surface area contributed by atoms with E-state index < -0.39 is 0 Å². The molecule has 2 nitrogen and oxygen atoms in total. The van der Waals surface area contributed by atoms with Gasteiger partial charge < -0.3 is 10.2 Å². The second-order valence-corrected chi connectivity index (χ2v) is 8.34. The predicted molar refractivity (Wildman–Crippen MR) is 91.7 cm³/mol. The Morgan fingerprint density at radius 1 is 1.29 bits per heavy atom. The monoisotopic (exact) mass is 310 g/mol. The molecule has 0 saturated carbocycles. The van der Waals surface area contributed by atoms with E-state index in [1.165, 1.54) is 5.69 Å². The number of hydrogen-bond acceptors (Lipinski definition) is 3. The second-order valence-electron chi connectivity index (χ2n) is 6.46. The first-order chi connectivity index (χ1) is 9.95. The molecule has 2 atom stereocenters. The smallest absolute Gasteiger partial charge is 0.123 e. The van der Waals surface area contributed by atoms with Crippen molar-refractivity contribution in [1.82, 2.24) is 5.32 Å². The lowest BCUT2D eigenvalue weighted by Gasteiger charge is -2.37. The maximum atomic E-state index is 13.6. The highest BCUT2D eigenvalue weighted by molar-refractivity contribution is 8.00. The summed E-state index contributed by atoms with van der Waals surface area (Å²) < 4.78 is 13.6. The Morgan fingerprint density at radius 3 is 2.57 bits per heavy atom. The summed E-state index contributed by atoms with van der Waals surface area (Å²) in [7, 11) is 0. The number of nitrogens with one attached hydrogen (secondary N) is 1. The number of thioether (sulfide) groups is 1. The first-order valence-electron chi connectivity index (χ1n) is 7.85. The lowest BCUT2D eigenvalue weighted by atomic mass is 10.1. The van der Waals surface area contributed by atoms with E-state index >= 15 is 0 Å². The second kappa shape index (κ2) is 7.50. The van der Waals surface area contributed by atoms with E-state index in [2.05, 4.69) is 37.9 Å². The molecule has 0 aromatic heterocycles. The molecule has 2 rings (SSSR count). The van der Waals surface area contributed by atoms with Crippen LogP contribution < -0.4 is 10.2 Å². The van der Waals surface area contributed by atoms with Crippen LogP contribution in [0.5, 0.6) is 0 Å². The molecule has 4 heteroatoms. The Labute approximate surface area is 132 Å². The van der Waals surface area contributed by atoms with E-state index in [9.17, 15) is 4.39 Å². The minimum atomic E-state index is -0.146. The molecule has 2 unspecified atom stereocenters. The molecule has 1 aliphatic heterocycles. The minimum absolute atomic E-state index is 0.146. The van der Waals surface area contributed by atoms with Gasteiger partial charge in [0, 0.05) is 35.8 Å². The number of anilines is 1. The molecule has 0 amide bonds. The van der Waals surface area contributed by atoms with Gasteiger partial charge in [0.25, 0.3) is 0 Å². The molecule has 1 heterocycles. The fourth-order valence-corrected chi connectivity index (χ4v) is 4.20. The Hall–Kier alpha value is -0.740. The third kappa shape index (κ3) is 4.89. The van der Waals surface area contributed by atoms with Crippen molar-refractivity contribution in [3.05, 3.63) is 29.6 Å². The van der Waals surface area contributed by atoms with Crippen LogP contribution in [0.1, 0.15) is 33.3 Å². The van der Waals surface area contributed by atoms with Crippen LogP contribution in [0.15, 0.2) is 18.2 Å². The van der Waals surface area contributed by atoms with E-state index in [4.69, 9.17) is 0 Å². The standard InChI is InChI=1S/C17H27FN2S/c1-12(2)8-19-9-15-7-16(18)5-6-17(15)20-10-13(3)21-14(4)11-20/h5-7,12-14,19H,8-11H2,1-4H3. The molecule has 1 aromatic rings. The van der Waals surface area contributed by atoms with Crippen molar-refractivity contribution in [1.29, 1.82) is 0 Å². The van der Waals surface area contributed by atoms with Gasteiger partial charge in [0.15, 0.2) is 0 Å². The first-order valence-corrected chi connectivity index (χ1v) is 8.79. The first kappa shape index (κ1) is 16.6. The van der Waals surface area contributed by atoms with Gasteiger partial charge in [-0.2, -0.15) is 11.8 Å². The van der Waals surface area contributed by atoms with Crippen molar-refractivity contribution in [2.45, 2.75) is 44.7 Å². The normalized spacial score (nSPS) is 22.9. The predicted octanol–water partition coefficient (Wildman–Crippen LogP) is 3.90. The molecule has 1 aliphatic rings. The van der Waals surface area contributed by atoms with Gasteiger partial charge in [-0.25, -0.2) is 4.39 Å². The zero-order chi connectivity index (χ0) is 15.4. The zero-order valence-electron chi connectivity index (χ0n) is 13.5. The van der Waals surface area contributed by atoms with Gasteiger partial charge in [0.05, 0.1) is 0 Å². The molecule has 118 valence electrons. The Balaban J connectivity index is 2.13. The topological polar surface area (TPSA) is 15.3 Å². The quantitative estimate of drug-likeness (QED) is 0.888. The maximum Gasteiger partial charge on any atom is 0.123 e. The molecule has 1 fully saturated rings. The van der Waals surface area contributed by atoms with E-state index in [0.717, 1.165) is 31.7 Å². The van der Waals surface area contributed by atoms with E-state index in [1.54, 1.807) is 12.1 Å². The number of benzene rings is 1. The van der Waals surface area contributed by atoms with Crippen molar-refractivity contribution in [2.75, 3.05) is 24.5 Å². The molecule has 0 aliphatic carbocycles. The molecular formula is C17H27FN2S. The zero-order valence-corrected chi connectivity index (χ0v) is 14.3. The van der Waals surface area contributed by atoms with Gasteiger partial charge in [-0.1, -0.05) is 27.7 Å². The van der Waals surface area contributed by atoms with Crippen molar-refractivity contribution in [3.8, 4) is 0 Å². The van der Waals surface area contributed by atoms with Gasteiger partial charge >= 0.3 is 0 Å². The highest BCUT2D eigenvalue weighted by Gasteiger charge is 2.24. The summed E-state index contributed by atoms with van der Waals surface area (Å²) in [6.07, 6.45) is 0. The third-order valence-electron chi connectivity index (χ3n) is 3.67. The van der Waals surface area contributed by atoms with Crippen molar-refractivity contribution in [3.63, 3.8) is 0 Å². The number of rotatable bonds is 5.